The predicted molar refractivity (Wildman–Crippen MR) is 84.7 cm³/mol. The van der Waals surface area contributed by atoms with Crippen LogP contribution in [0.4, 0.5) is 0 Å². The van der Waals surface area contributed by atoms with Crippen LogP contribution in [0.5, 0.6) is 5.75 Å². The van der Waals surface area contributed by atoms with Crippen molar-refractivity contribution in [2.24, 2.45) is 0 Å². The second kappa shape index (κ2) is 7.68. The zero-order valence-corrected chi connectivity index (χ0v) is 13.6. The lowest BCUT2D eigenvalue weighted by molar-refractivity contribution is -0.139. The number of rotatable bonds is 7. The molecule has 0 saturated heterocycles. The molecule has 1 unspecified atom stereocenters. The molecule has 1 amide bonds. The molecule has 2 N–H and O–H groups in total. The zero-order chi connectivity index (χ0) is 16.8. The Kier molecular flexibility index (Phi) is 5.64. The lowest BCUT2D eigenvalue weighted by atomic mass is 10.1. The van der Waals surface area contributed by atoms with E-state index in [1.54, 1.807) is 24.3 Å². The number of aromatic nitrogens is 2. The predicted octanol–water partition coefficient (Wildman–Crippen LogP) is 2.05. The molecule has 1 aromatic heterocycles. The van der Waals surface area contributed by atoms with E-state index >= 15 is 0 Å². The van der Waals surface area contributed by atoms with Crippen LogP contribution in [0.3, 0.4) is 0 Å². The van der Waals surface area contributed by atoms with E-state index in [0.29, 0.717) is 22.7 Å². The minimum Gasteiger partial charge on any atom is -0.482 e. The zero-order valence-electron chi connectivity index (χ0n) is 12.8. The van der Waals surface area contributed by atoms with Crippen molar-refractivity contribution in [2.45, 2.75) is 26.3 Å². The maximum Gasteiger partial charge on any atom is 0.341 e. The van der Waals surface area contributed by atoms with Crippen molar-refractivity contribution in [2.75, 3.05) is 6.61 Å². The number of carbonyl (C=O) groups is 2. The van der Waals surface area contributed by atoms with Crippen molar-refractivity contribution in [1.29, 1.82) is 0 Å². The van der Waals surface area contributed by atoms with Gasteiger partial charge in [-0.25, -0.2) is 4.79 Å². The number of aliphatic carboxylic acids is 1. The Morgan fingerprint density at radius 3 is 2.65 bits per heavy atom. The molecule has 122 valence electrons. The second-order valence-corrected chi connectivity index (χ2v) is 5.60. The molecule has 0 saturated carbocycles. The fraction of sp³-hybridized carbons (Fsp3) is 0.333. The summed E-state index contributed by atoms with van der Waals surface area (Å²) < 4.78 is 8.88. The van der Waals surface area contributed by atoms with E-state index in [0.717, 1.165) is 17.1 Å². The summed E-state index contributed by atoms with van der Waals surface area (Å²) in [4.78, 5) is 23.2. The average Bonchev–Trinajstić information content (AvgIpc) is 3.02. The van der Waals surface area contributed by atoms with Crippen LogP contribution in [-0.4, -0.2) is 33.2 Å². The summed E-state index contributed by atoms with van der Waals surface area (Å²) in [5.41, 5.74) is 1.58. The van der Waals surface area contributed by atoms with E-state index in [1.165, 1.54) is 0 Å². The molecule has 23 heavy (non-hydrogen) atoms. The Morgan fingerprint density at radius 2 is 2.04 bits per heavy atom. The molecule has 0 spiro atoms. The van der Waals surface area contributed by atoms with Gasteiger partial charge in [0.15, 0.2) is 6.61 Å². The molecule has 1 atom stereocenters. The Bertz CT molecular complexity index is 684. The van der Waals surface area contributed by atoms with E-state index in [2.05, 4.69) is 14.9 Å². The third-order valence-electron chi connectivity index (χ3n) is 3.19. The molecular weight excluding hydrogens is 318 g/mol. The van der Waals surface area contributed by atoms with Gasteiger partial charge in [0.05, 0.1) is 11.7 Å². The van der Waals surface area contributed by atoms with Crippen molar-refractivity contribution in [3.63, 3.8) is 0 Å². The number of ether oxygens (including phenoxy) is 1. The number of carboxylic acids is 1. The normalized spacial score (nSPS) is 11.7. The van der Waals surface area contributed by atoms with Gasteiger partial charge in [0, 0.05) is 0 Å². The Balaban J connectivity index is 1.99. The van der Waals surface area contributed by atoms with E-state index in [-0.39, 0.29) is 18.6 Å². The monoisotopic (exact) mass is 335 g/mol. The fourth-order valence-corrected chi connectivity index (χ4v) is 2.61. The summed E-state index contributed by atoms with van der Waals surface area (Å²) in [5.74, 6) is -0.759. The van der Waals surface area contributed by atoms with E-state index < -0.39 is 5.97 Å². The van der Waals surface area contributed by atoms with Crippen LogP contribution in [0.2, 0.25) is 0 Å². The number of hydrogen-bond acceptors (Lipinski definition) is 6. The van der Waals surface area contributed by atoms with Gasteiger partial charge in [-0.1, -0.05) is 23.5 Å². The summed E-state index contributed by atoms with van der Waals surface area (Å²) in [6.45, 7) is 3.40. The summed E-state index contributed by atoms with van der Waals surface area (Å²) in [7, 11) is 0. The van der Waals surface area contributed by atoms with Crippen LogP contribution in [-0.2, 0) is 11.2 Å². The number of carboxylic acid groups (broad SMARTS) is 1. The molecule has 2 rings (SSSR count). The average molecular weight is 335 g/mol. The first kappa shape index (κ1) is 16.9. The highest BCUT2D eigenvalue weighted by Gasteiger charge is 2.17. The van der Waals surface area contributed by atoms with Gasteiger partial charge in [0.2, 0.25) is 0 Å². The molecule has 2 aromatic rings. The van der Waals surface area contributed by atoms with Crippen LogP contribution >= 0.6 is 11.5 Å². The van der Waals surface area contributed by atoms with Gasteiger partial charge in [0.1, 0.15) is 10.6 Å². The largest absolute Gasteiger partial charge is 0.482 e. The molecule has 8 heteroatoms. The van der Waals surface area contributed by atoms with Gasteiger partial charge in [0.25, 0.3) is 5.91 Å². The van der Waals surface area contributed by atoms with Crippen molar-refractivity contribution in [3.8, 4) is 5.75 Å². The highest BCUT2D eigenvalue weighted by molar-refractivity contribution is 7.08. The molecule has 0 fully saturated rings. The summed E-state index contributed by atoms with van der Waals surface area (Å²) in [5, 5.41) is 15.4. The Hall–Kier alpha value is -2.48. The lowest BCUT2D eigenvalue weighted by Crippen LogP contribution is -2.26. The summed E-state index contributed by atoms with van der Waals surface area (Å²) >= 11 is 1.08. The number of carbonyl (C=O) groups excluding carboxylic acids is 1. The minimum atomic E-state index is -1.03. The van der Waals surface area contributed by atoms with Gasteiger partial charge >= 0.3 is 5.97 Å². The Labute approximate surface area is 137 Å². The topological polar surface area (TPSA) is 101 Å². The third kappa shape index (κ3) is 4.49. The van der Waals surface area contributed by atoms with Crippen LogP contribution < -0.4 is 10.1 Å². The summed E-state index contributed by atoms with van der Waals surface area (Å²) in [6.07, 6.45) is 0.656. The number of aryl methyl sites for hydroxylation is 1. The number of amides is 1. The minimum absolute atomic E-state index is 0.199. The van der Waals surface area contributed by atoms with Crippen LogP contribution in [0, 0.1) is 0 Å². The van der Waals surface area contributed by atoms with Gasteiger partial charge in [-0.2, -0.15) is 0 Å². The molecule has 7 nitrogen and oxygen atoms in total. The van der Waals surface area contributed by atoms with E-state index in [4.69, 9.17) is 9.84 Å². The molecule has 1 heterocycles. The van der Waals surface area contributed by atoms with Crippen LogP contribution in [0.25, 0.3) is 0 Å². The molecule has 0 bridgehead atoms. The number of nitrogens with one attached hydrogen (secondary N) is 1. The number of benzene rings is 1. The smallest absolute Gasteiger partial charge is 0.341 e. The molecule has 0 aliphatic rings. The maximum atomic E-state index is 12.2. The molecule has 0 aliphatic carbocycles. The molecule has 0 aliphatic heterocycles. The molecule has 0 radical (unpaired) electrons. The quantitative estimate of drug-likeness (QED) is 0.803. The Morgan fingerprint density at radius 1 is 1.35 bits per heavy atom. The van der Waals surface area contributed by atoms with Gasteiger partial charge in [-0.3, -0.25) is 4.79 Å². The highest BCUT2D eigenvalue weighted by Crippen LogP contribution is 2.19. The first-order chi connectivity index (χ1) is 11.0. The standard InChI is InChI=1S/C15H17N3O4S/c1-3-12-14(23-18-17-12)15(21)16-9(2)10-4-6-11(7-5-10)22-8-13(19)20/h4-7,9H,3,8H2,1-2H3,(H,16,21)(H,19,20). The van der Waals surface area contributed by atoms with Gasteiger partial charge in [-0.05, 0) is 42.6 Å². The van der Waals surface area contributed by atoms with Crippen molar-refractivity contribution >= 4 is 23.4 Å². The lowest BCUT2D eigenvalue weighted by Gasteiger charge is -2.14. The van der Waals surface area contributed by atoms with Crippen LogP contribution in [0.15, 0.2) is 24.3 Å². The van der Waals surface area contributed by atoms with Gasteiger partial charge in [-0.15, -0.1) is 5.10 Å². The summed E-state index contributed by atoms with van der Waals surface area (Å²) in [6, 6.07) is 6.71. The first-order valence-corrected chi connectivity index (χ1v) is 7.85. The van der Waals surface area contributed by atoms with Crippen molar-refractivity contribution < 1.29 is 19.4 Å². The van der Waals surface area contributed by atoms with E-state index in [9.17, 15) is 9.59 Å². The maximum absolute atomic E-state index is 12.2. The van der Waals surface area contributed by atoms with Gasteiger partial charge < -0.3 is 15.2 Å². The molecular formula is C15H17N3O4S. The number of hydrogen-bond donors (Lipinski definition) is 2. The van der Waals surface area contributed by atoms with Crippen LogP contribution in [0.1, 0.15) is 40.8 Å². The SMILES string of the molecule is CCc1nnsc1C(=O)NC(C)c1ccc(OCC(=O)O)cc1. The second-order valence-electron chi connectivity index (χ2n) is 4.85. The molecule has 1 aromatic carbocycles. The van der Waals surface area contributed by atoms with E-state index in [1.807, 2.05) is 13.8 Å². The fourth-order valence-electron chi connectivity index (χ4n) is 1.96. The third-order valence-corrected chi connectivity index (χ3v) is 3.95. The highest BCUT2D eigenvalue weighted by atomic mass is 32.1. The van der Waals surface area contributed by atoms with Crippen molar-refractivity contribution in [1.82, 2.24) is 14.9 Å². The number of nitrogens with zero attached hydrogens (tertiary/aromatic N) is 2. The van der Waals surface area contributed by atoms with Crippen molar-refractivity contribution in [3.05, 3.63) is 40.4 Å². The first-order valence-electron chi connectivity index (χ1n) is 7.08.